The Hall–Kier alpha value is -1.85. The van der Waals surface area contributed by atoms with Crippen molar-refractivity contribution in [3.63, 3.8) is 0 Å². The number of carbonyl (C=O) groups excluding carboxylic acids is 2. The topological polar surface area (TPSA) is 68.5 Å². The second kappa shape index (κ2) is 11.2. The van der Waals surface area contributed by atoms with Crippen LogP contribution in [0.25, 0.3) is 10.9 Å². The Balaban J connectivity index is 1.87. The number of carbonyl (C=O) groups is 2. The third-order valence-electron chi connectivity index (χ3n) is 4.87. The van der Waals surface area contributed by atoms with Crippen LogP contribution in [0, 0.1) is 0 Å². The van der Waals surface area contributed by atoms with Gasteiger partial charge in [-0.25, -0.2) is 4.57 Å². The number of benzene rings is 1. The van der Waals surface area contributed by atoms with Crippen LogP contribution in [-0.4, -0.2) is 34.6 Å². The zero-order chi connectivity index (χ0) is 20.5. The molecule has 0 atom stereocenters. The summed E-state index contributed by atoms with van der Waals surface area (Å²) in [6, 6.07) is 4.84. The van der Waals surface area contributed by atoms with Gasteiger partial charge in [0.1, 0.15) is 6.61 Å². The Labute approximate surface area is 171 Å². The molecule has 0 saturated heterocycles. The van der Waals surface area contributed by atoms with E-state index in [0.717, 1.165) is 17.4 Å². The first-order valence-corrected chi connectivity index (χ1v) is 10.5. The van der Waals surface area contributed by atoms with E-state index in [1.807, 2.05) is 0 Å². The summed E-state index contributed by atoms with van der Waals surface area (Å²) in [6.07, 6.45) is 9.61. The van der Waals surface area contributed by atoms with Gasteiger partial charge in [-0.3, -0.25) is 9.59 Å². The maximum absolute atomic E-state index is 12.6. The van der Waals surface area contributed by atoms with Crippen LogP contribution in [0.3, 0.4) is 0 Å². The van der Waals surface area contributed by atoms with E-state index in [0.29, 0.717) is 22.5 Å². The lowest BCUT2D eigenvalue weighted by Crippen LogP contribution is -2.11. The Morgan fingerprint density at radius 2 is 1.71 bits per heavy atom. The van der Waals surface area contributed by atoms with E-state index in [1.54, 1.807) is 18.2 Å². The number of aromatic hydroxyl groups is 1. The zero-order valence-electron chi connectivity index (χ0n) is 16.8. The molecule has 0 fully saturated rings. The standard InChI is InChI=1S/C22H30ClNO4/c1-3-4-5-6-7-8-9-10-13-28-15-20(26)21-18-12-11-17(23)14-19(18)24(16(2)25)22(21)27/h11-12,14,27H,3-10,13,15H2,1-2H3. The molecule has 0 bridgehead atoms. The lowest BCUT2D eigenvalue weighted by atomic mass is 10.1. The highest BCUT2D eigenvalue weighted by atomic mass is 35.5. The number of hydrogen-bond acceptors (Lipinski definition) is 4. The van der Waals surface area contributed by atoms with Crippen molar-refractivity contribution in [3.05, 3.63) is 28.8 Å². The van der Waals surface area contributed by atoms with Gasteiger partial charge in [0.2, 0.25) is 11.8 Å². The highest BCUT2D eigenvalue weighted by Gasteiger charge is 2.24. The number of fused-ring (bicyclic) bond motifs is 1. The third kappa shape index (κ3) is 5.82. The Morgan fingerprint density at radius 3 is 2.36 bits per heavy atom. The largest absolute Gasteiger partial charge is 0.494 e. The number of hydrogen-bond donors (Lipinski definition) is 1. The second-order valence-electron chi connectivity index (χ2n) is 7.17. The summed E-state index contributed by atoms with van der Waals surface area (Å²) >= 11 is 6.00. The smallest absolute Gasteiger partial charge is 0.230 e. The minimum Gasteiger partial charge on any atom is -0.494 e. The van der Waals surface area contributed by atoms with Gasteiger partial charge in [-0.05, 0) is 18.6 Å². The molecule has 0 aliphatic rings. The normalized spacial score (nSPS) is 11.2. The van der Waals surface area contributed by atoms with Gasteiger partial charge < -0.3 is 9.84 Å². The van der Waals surface area contributed by atoms with E-state index < -0.39 is 0 Å². The summed E-state index contributed by atoms with van der Waals surface area (Å²) in [5.74, 6) is -1.08. The van der Waals surface area contributed by atoms with E-state index in [2.05, 4.69) is 6.92 Å². The number of halogens is 1. The summed E-state index contributed by atoms with van der Waals surface area (Å²) < 4.78 is 6.62. The van der Waals surface area contributed by atoms with Gasteiger partial charge in [-0.15, -0.1) is 0 Å². The first kappa shape index (κ1) is 22.4. The summed E-state index contributed by atoms with van der Waals surface area (Å²) in [5, 5.41) is 11.4. The van der Waals surface area contributed by atoms with Gasteiger partial charge in [-0.1, -0.05) is 69.5 Å². The molecule has 2 rings (SSSR count). The number of ketones is 1. The minimum atomic E-state index is -0.385. The van der Waals surface area contributed by atoms with Crippen LogP contribution in [0.4, 0.5) is 0 Å². The Kier molecular flexibility index (Phi) is 9.00. The van der Waals surface area contributed by atoms with Gasteiger partial charge in [0.05, 0.1) is 11.1 Å². The molecule has 154 valence electrons. The number of ether oxygens (including phenoxy) is 1. The van der Waals surface area contributed by atoms with Gasteiger partial charge in [0.25, 0.3) is 0 Å². The average Bonchev–Trinajstić information content (AvgIpc) is 2.94. The summed E-state index contributed by atoms with van der Waals surface area (Å²) in [5.41, 5.74) is 0.529. The van der Waals surface area contributed by atoms with E-state index in [-0.39, 0.29) is 29.7 Å². The first-order chi connectivity index (χ1) is 13.5. The summed E-state index contributed by atoms with van der Waals surface area (Å²) in [7, 11) is 0. The van der Waals surface area contributed by atoms with Gasteiger partial charge in [0, 0.05) is 23.9 Å². The fourth-order valence-electron chi connectivity index (χ4n) is 3.42. The SMILES string of the molecule is CCCCCCCCCCOCC(=O)c1c(O)n(C(C)=O)c2cc(Cl)ccc12. The predicted molar refractivity (Wildman–Crippen MR) is 113 cm³/mol. The fraction of sp³-hybridized carbons (Fsp3) is 0.545. The lowest BCUT2D eigenvalue weighted by molar-refractivity contribution is 0.0751. The van der Waals surface area contributed by atoms with Crippen LogP contribution in [0.5, 0.6) is 5.88 Å². The van der Waals surface area contributed by atoms with Gasteiger partial charge in [0.15, 0.2) is 5.78 Å². The van der Waals surface area contributed by atoms with E-state index in [4.69, 9.17) is 16.3 Å². The van der Waals surface area contributed by atoms with E-state index in [9.17, 15) is 14.7 Å². The minimum absolute atomic E-state index is 0.109. The van der Waals surface area contributed by atoms with Crippen LogP contribution in [0.15, 0.2) is 18.2 Å². The molecular formula is C22H30ClNO4. The van der Waals surface area contributed by atoms with Crippen molar-refractivity contribution < 1.29 is 19.4 Å². The maximum atomic E-state index is 12.6. The third-order valence-corrected chi connectivity index (χ3v) is 5.11. The Morgan fingerprint density at radius 1 is 1.07 bits per heavy atom. The molecule has 1 aromatic carbocycles. The molecule has 0 radical (unpaired) electrons. The van der Waals surface area contributed by atoms with Crippen LogP contribution in [-0.2, 0) is 4.74 Å². The molecule has 0 aliphatic carbocycles. The molecule has 1 aromatic heterocycles. The highest BCUT2D eigenvalue weighted by Crippen LogP contribution is 2.33. The fourth-order valence-corrected chi connectivity index (χ4v) is 3.58. The van der Waals surface area contributed by atoms with Crippen molar-refractivity contribution in [3.8, 4) is 5.88 Å². The summed E-state index contributed by atoms with van der Waals surface area (Å²) in [6.45, 7) is 3.93. The number of nitrogens with zero attached hydrogens (tertiary/aromatic N) is 1. The zero-order valence-corrected chi connectivity index (χ0v) is 17.6. The molecule has 1 N–H and O–H groups in total. The van der Waals surface area contributed by atoms with Gasteiger partial charge in [-0.2, -0.15) is 0 Å². The van der Waals surface area contributed by atoms with Crippen molar-refractivity contribution in [2.45, 2.75) is 65.2 Å². The second-order valence-corrected chi connectivity index (χ2v) is 7.60. The molecule has 0 amide bonds. The summed E-state index contributed by atoms with van der Waals surface area (Å²) in [4.78, 5) is 24.5. The molecule has 0 aliphatic heterocycles. The molecule has 0 spiro atoms. The number of aromatic nitrogens is 1. The van der Waals surface area contributed by atoms with E-state index >= 15 is 0 Å². The molecule has 6 heteroatoms. The van der Waals surface area contributed by atoms with Crippen molar-refractivity contribution in [2.24, 2.45) is 0 Å². The van der Waals surface area contributed by atoms with Crippen LogP contribution in [0.2, 0.25) is 5.02 Å². The molecule has 2 aromatic rings. The molecule has 0 unspecified atom stereocenters. The van der Waals surface area contributed by atoms with Crippen molar-refractivity contribution in [1.29, 1.82) is 0 Å². The van der Waals surface area contributed by atoms with Gasteiger partial charge >= 0.3 is 0 Å². The Bertz CT molecular complexity index is 812. The average molecular weight is 408 g/mol. The van der Waals surface area contributed by atoms with Crippen molar-refractivity contribution in [2.75, 3.05) is 13.2 Å². The maximum Gasteiger partial charge on any atom is 0.230 e. The molecule has 1 heterocycles. The van der Waals surface area contributed by atoms with E-state index in [1.165, 1.54) is 45.4 Å². The monoisotopic (exact) mass is 407 g/mol. The molecule has 0 saturated carbocycles. The molecular weight excluding hydrogens is 378 g/mol. The molecule has 28 heavy (non-hydrogen) atoms. The lowest BCUT2D eigenvalue weighted by Gasteiger charge is -2.05. The van der Waals surface area contributed by atoms with Crippen molar-refractivity contribution in [1.82, 2.24) is 4.57 Å². The number of rotatable bonds is 12. The molecule has 5 nitrogen and oxygen atoms in total. The van der Waals surface area contributed by atoms with Crippen LogP contribution >= 0.6 is 11.6 Å². The first-order valence-electron chi connectivity index (χ1n) is 10.1. The number of Topliss-reactive ketones (excluding diaryl/α,β-unsaturated/α-hetero) is 1. The predicted octanol–water partition coefficient (Wildman–Crippen LogP) is 6.00. The highest BCUT2D eigenvalue weighted by molar-refractivity contribution is 6.31. The van der Waals surface area contributed by atoms with Crippen LogP contribution in [0.1, 0.15) is 80.4 Å². The van der Waals surface area contributed by atoms with Crippen molar-refractivity contribution >= 4 is 34.2 Å². The van der Waals surface area contributed by atoms with Crippen LogP contribution < -0.4 is 0 Å². The number of unbranched alkanes of at least 4 members (excludes halogenated alkanes) is 7. The quantitative estimate of drug-likeness (QED) is 0.346.